The molecule has 0 bridgehead atoms. The van der Waals surface area contributed by atoms with E-state index in [4.69, 9.17) is 10.00 Å². The van der Waals surface area contributed by atoms with Crippen molar-refractivity contribution in [3.05, 3.63) is 59.7 Å². The van der Waals surface area contributed by atoms with Gasteiger partial charge in [0.05, 0.1) is 11.6 Å². The molecule has 0 saturated carbocycles. The lowest BCUT2D eigenvalue weighted by molar-refractivity contribution is -0.141. The largest absolute Gasteiger partial charge is 0.484 e. The minimum absolute atomic E-state index is 0.0110. The molecule has 2 amide bonds. The highest BCUT2D eigenvalue weighted by atomic mass is 16.5. The Kier molecular flexibility index (Phi) is 5.41. The summed E-state index contributed by atoms with van der Waals surface area (Å²) in [4.78, 5) is 28.3. The molecule has 1 heterocycles. The number of piperazine rings is 1. The highest BCUT2D eigenvalue weighted by Crippen LogP contribution is 2.21. The van der Waals surface area contributed by atoms with Gasteiger partial charge in [-0.1, -0.05) is 18.2 Å². The number of amides is 2. The van der Waals surface area contributed by atoms with Gasteiger partial charge in [-0.05, 0) is 49.7 Å². The van der Waals surface area contributed by atoms with Gasteiger partial charge in [0.2, 0.25) is 5.91 Å². The van der Waals surface area contributed by atoms with Gasteiger partial charge in [-0.2, -0.15) is 5.26 Å². The monoisotopic (exact) mass is 363 g/mol. The highest BCUT2D eigenvalue weighted by Gasteiger charge is 2.33. The first-order chi connectivity index (χ1) is 13.0. The Morgan fingerprint density at radius 3 is 2.59 bits per heavy atom. The summed E-state index contributed by atoms with van der Waals surface area (Å²) in [5.74, 6) is 0.307. The SMILES string of the molecule is Cc1ccccc1OCC(=O)N1CC(=O)N(c2ccc(C#N)cc2)C[C@H]1C. The standard InChI is InChI=1S/C21H21N3O3/c1-15-5-3-4-6-19(15)27-14-21(26)23-13-20(25)24(12-16(23)2)18-9-7-17(11-22)8-10-18/h3-10,16H,12-14H2,1-2H3/t16-/m1/s1. The summed E-state index contributed by atoms with van der Waals surface area (Å²) in [5.41, 5.74) is 2.23. The van der Waals surface area contributed by atoms with Crippen molar-refractivity contribution in [2.24, 2.45) is 0 Å². The van der Waals surface area contributed by atoms with Crippen LogP contribution >= 0.6 is 0 Å². The molecular formula is C21H21N3O3. The maximum Gasteiger partial charge on any atom is 0.261 e. The minimum atomic E-state index is -0.210. The molecule has 2 aromatic carbocycles. The molecule has 0 radical (unpaired) electrons. The van der Waals surface area contributed by atoms with Crippen LogP contribution in [0.1, 0.15) is 18.1 Å². The Morgan fingerprint density at radius 1 is 1.22 bits per heavy atom. The van der Waals surface area contributed by atoms with Crippen molar-refractivity contribution in [1.82, 2.24) is 4.90 Å². The predicted molar refractivity (Wildman–Crippen MR) is 101 cm³/mol. The molecule has 0 aromatic heterocycles. The first-order valence-corrected chi connectivity index (χ1v) is 8.78. The Morgan fingerprint density at radius 2 is 1.93 bits per heavy atom. The number of benzene rings is 2. The number of para-hydroxylation sites is 1. The average Bonchev–Trinajstić information content (AvgIpc) is 2.68. The third-order valence-corrected chi connectivity index (χ3v) is 4.66. The molecule has 1 saturated heterocycles. The Hall–Kier alpha value is -3.33. The summed E-state index contributed by atoms with van der Waals surface area (Å²) in [7, 11) is 0. The van der Waals surface area contributed by atoms with Crippen molar-refractivity contribution in [3.8, 4) is 11.8 Å². The van der Waals surface area contributed by atoms with E-state index >= 15 is 0 Å². The van der Waals surface area contributed by atoms with E-state index in [0.717, 1.165) is 11.3 Å². The Bertz CT molecular complexity index is 886. The lowest BCUT2D eigenvalue weighted by Crippen LogP contribution is -2.58. The third kappa shape index (κ3) is 4.09. The van der Waals surface area contributed by atoms with Crippen LogP contribution in [0.5, 0.6) is 5.75 Å². The molecule has 0 spiro atoms. The number of carbonyl (C=O) groups excluding carboxylic acids is 2. The average molecular weight is 363 g/mol. The van der Waals surface area contributed by atoms with Crippen LogP contribution in [-0.2, 0) is 9.59 Å². The maximum absolute atomic E-state index is 12.6. The number of ether oxygens (including phenoxy) is 1. The predicted octanol–water partition coefficient (Wildman–Crippen LogP) is 2.51. The van der Waals surface area contributed by atoms with Crippen molar-refractivity contribution in [3.63, 3.8) is 0 Å². The molecule has 138 valence electrons. The van der Waals surface area contributed by atoms with Gasteiger partial charge in [0, 0.05) is 18.3 Å². The quantitative estimate of drug-likeness (QED) is 0.837. The van der Waals surface area contributed by atoms with Crippen LogP contribution in [0.2, 0.25) is 0 Å². The second-order valence-corrected chi connectivity index (χ2v) is 6.59. The topological polar surface area (TPSA) is 73.6 Å². The lowest BCUT2D eigenvalue weighted by atomic mass is 10.1. The van der Waals surface area contributed by atoms with Crippen LogP contribution < -0.4 is 9.64 Å². The fraction of sp³-hybridized carbons (Fsp3) is 0.286. The fourth-order valence-electron chi connectivity index (χ4n) is 3.09. The summed E-state index contributed by atoms with van der Waals surface area (Å²) in [6, 6.07) is 16.3. The number of rotatable bonds is 4. The summed E-state index contributed by atoms with van der Waals surface area (Å²) in [5, 5.41) is 8.89. The van der Waals surface area contributed by atoms with Crippen molar-refractivity contribution < 1.29 is 14.3 Å². The number of anilines is 1. The van der Waals surface area contributed by atoms with E-state index in [1.807, 2.05) is 38.1 Å². The number of hydrogen-bond acceptors (Lipinski definition) is 4. The molecular weight excluding hydrogens is 342 g/mol. The van der Waals surface area contributed by atoms with Crippen molar-refractivity contribution in [1.29, 1.82) is 5.26 Å². The van der Waals surface area contributed by atoms with Crippen molar-refractivity contribution in [2.45, 2.75) is 19.9 Å². The first kappa shape index (κ1) is 18.5. The lowest BCUT2D eigenvalue weighted by Gasteiger charge is -2.39. The third-order valence-electron chi connectivity index (χ3n) is 4.66. The summed E-state index contributed by atoms with van der Waals surface area (Å²) in [6.45, 7) is 4.15. The van der Waals surface area contributed by atoms with Crippen LogP contribution in [0.15, 0.2) is 48.5 Å². The first-order valence-electron chi connectivity index (χ1n) is 8.78. The Labute approximate surface area is 158 Å². The van der Waals surface area contributed by atoms with Crippen LogP contribution in [0.4, 0.5) is 5.69 Å². The molecule has 1 atom stereocenters. The second-order valence-electron chi connectivity index (χ2n) is 6.59. The Balaban J connectivity index is 1.64. The molecule has 6 nitrogen and oxygen atoms in total. The number of carbonyl (C=O) groups is 2. The number of nitriles is 1. The molecule has 3 rings (SSSR count). The van der Waals surface area contributed by atoms with Gasteiger partial charge in [0.15, 0.2) is 6.61 Å². The molecule has 27 heavy (non-hydrogen) atoms. The molecule has 6 heteroatoms. The van der Waals surface area contributed by atoms with E-state index in [1.54, 1.807) is 34.1 Å². The van der Waals surface area contributed by atoms with Gasteiger partial charge >= 0.3 is 0 Å². The van der Waals surface area contributed by atoms with Gasteiger partial charge < -0.3 is 14.5 Å². The zero-order valence-corrected chi connectivity index (χ0v) is 15.4. The van der Waals surface area contributed by atoms with Crippen LogP contribution in [0.3, 0.4) is 0 Å². The fourth-order valence-corrected chi connectivity index (χ4v) is 3.09. The smallest absolute Gasteiger partial charge is 0.261 e. The summed E-state index contributed by atoms with van der Waals surface area (Å²) >= 11 is 0. The minimum Gasteiger partial charge on any atom is -0.484 e. The van der Waals surface area contributed by atoms with E-state index in [2.05, 4.69) is 6.07 Å². The number of aryl methyl sites for hydroxylation is 1. The van der Waals surface area contributed by atoms with Crippen LogP contribution in [-0.4, -0.2) is 42.5 Å². The highest BCUT2D eigenvalue weighted by molar-refractivity contribution is 5.98. The van der Waals surface area contributed by atoms with Gasteiger partial charge in [-0.15, -0.1) is 0 Å². The molecule has 1 aliphatic heterocycles. The molecule has 1 aliphatic rings. The maximum atomic E-state index is 12.6. The van der Waals surface area contributed by atoms with E-state index in [9.17, 15) is 9.59 Å². The molecule has 0 unspecified atom stereocenters. The van der Waals surface area contributed by atoms with E-state index in [1.165, 1.54) is 0 Å². The second kappa shape index (κ2) is 7.92. The van der Waals surface area contributed by atoms with E-state index in [-0.39, 0.29) is 31.0 Å². The van der Waals surface area contributed by atoms with E-state index in [0.29, 0.717) is 17.9 Å². The zero-order valence-electron chi connectivity index (χ0n) is 15.4. The van der Waals surface area contributed by atoms with Gasteiger partial charge in [0.1, 0.15) is 12.3 Å². The number of hydrogen-bond donors (Lipinski definition) is 0. The van der Waals surface area contributed by atoms with Crippen LogP contribution in [0.25, 0.3) is 0 Å². The van der Waals surface area contributed by atoms with Crippen molar-refractivity contribution in [2.75, 3.05) is 24.6 Å². The summed E-state index contributed by atoms with van der Waals surface area (Å²) < 4.78 is 5.63. The molecule has 1 fully saturated rings. The van der Waals surface area contributed by atoms with Crippen LogP contribution in [0, 0.1) is 18.3 Å². The molecule has 0 N–H and O–H groups in total. The van der Waals surface area contributed by atoms with Gasteiger partial charge in [-0.25, -0.2) is 0 Å². The zero-order chi connectivity index (χ0) is 19.4. The van der Waals surface area contributed by atoms with Gasteiger partial charge in [-0.3, -0.25) is 9.59 Å². The normalized spacial score (nSPS) is 16.8. The van der Waals surface area contributed by atoms with Gasteiger partial charge in [0.25, 0.3) is 5.91 Å². The molecule has 0 aliphatic carbocycles. The van der Waals surface area contributed by atoms with Crippen molar-refractivity contribution >= 4 is 17.5 Å². The summed E-state index contributed by atoms with van der Waals surface area (Å²) in [6.07, 6.45) is 0. The molecule has 2 aromatic rings. The number of nitrogens with zero attached hydrogens (tertiary/aromatic N) is 3. The van der Waals surface area contributed by atoms with E-state index < -0.39 is 0 Å².